The fourth-order valence-electron chi connectivity index (χ4n) is 8.12. The quantitative estimate of drug-likeness (QED) is 0.0360. The van der Waals surface area contributed by atoms with Crippen LogP contribution < -0.4 is 4.90 Å². The van der Waals surface area contributed by atoms with Gasteiger partial charge in [-0.05, 0) is 92.6 Å². The van der Waals surface area contributed by atoms with Gasteiger partial charge in [0.1, 0.15) is 6.54 Å². The van der Waals surface area contributed by atoms with Crippen LogP contribution in [0.25, 0.3) is 0 Å². The van der Waals surface area contributed by atoms with Gasteiger partial charge in [0.05, 0.1) is 52.5 Å². The van der Waals surface area contributed by atoms with Gasteiger partial charge in [-0.3, -0.25) is 23.4 Å². The second-order valence-corrected chi connectivity index (χ2v) is 21.1. The lowest BCUT2D eigenvalue weighted by atomic mass is 9.79. The van der Waals surface area contributed by atoms with Crippen LogP contribution in [0.15, 0.2) is 86.3 Å². The Bertz CT molecular complexity index is 2510. The highest BCUT2D eigenvalue weighted by atomic mass is 32.2. The molecule has 2 aromatic rings. The van der Waals surface area contributed by atoms with E-state index in [0.29, 0.717) is 46.8 Å². The van der Waals surface area contributed by atoms with Crippen LogP contribution in [-0.4, -0.2) is 102 Å². The van der Waals surface area contributed by atoms with E-state index in [-0.39, 0.29) is 43.8 Å². The number of anilines is 1. The number of carboxylic acids is 1. The molecular formula is C39H50N3O14S4+. The van der Waals surface area contributed by atoms with Gasteiger partial charge in [0, 0.05) is 52.7 Å². The molecule has 0 spiro atoms. The van der Waals surface area contributed by atoms with Crippen molar-refractivity contribution in [1.29, 1.82) is 0 Å². The molecule has 60 heavy (non-hydrogen) atoms. The Morgan fingerprint density at radius 3 is 2.23 bits per heavy atom. The Morgan fingerprint density at radius 2 is 1.58 bits per heavy atom. The van der Waals surface area contributed by atoms with Crippen molar-refractivity contribution in [3.63, 3.8) is 0 Å². The van der Waals surface area contributed by atoms with E-state index >= 15 is 0 Å². The summed E-state index contributed by atoms with van der Waals surface area (Å²) in [5, 5.41) is 22.0. The van der Waals surface area contributed by atoms with Crippen LogP contribution in [0.3, 0.4) is 0 Å². The van der Waals surface area contributed by atoms with Crippen molar-refractivity contribution in [2.75, 3.05) is 36.0 Å². The first kappa shape index (κ1) is 47.3. The molecule has 0 saturated heterocycles. The summed E-state index contributed by atoms with van der Waals surface area (Å²) in [6.07, 6.45) is 8.10. The van der Waals surface area contributed by atoms with E-state index in [9.17, 15) is 48.8 Å². The lowest BCUT2D eigenvalue weighted by Gasteiger charge is -2.27. The topological polar surface area (TPSA) is 258 Å². The fraction of sp³-hybridized carbons (Fsp3) is 0.462. The predicted molar refractivity (Wildman–Crippen MR) is 226 cm³/mol. The second kappa shape index (κ2) is 18.7. The normalized spacial score (nSPS) is 20.4. The number of aliphatic carboxylic acids is 1. The summed E-state index contributed by atoms with van der Waals surface area (Å²) in [4.78, 5) is 18.6. The molecule has 2 aromatic carbocycles. The standard InChI is InChI=1S/C39H49N3O14S4/c1-38(2)30-24-28(57-56-55-45)12-14-32(30)41(20-6-22-58(46,47)48)34(38)16-10-26-8-5-9-27(37(26)40-19-18-36(43)44)11-17-35-39(3,4)31-25-29(60(52,53)54)13-15-33(31)42(35)21-7-23-59(49,50)51/h10-15,17,24-25H,5-9,16,18-23H2,1-4H3,(H4-,43,44,45,46,47,48,49,50,51,52,53,54)/p+1/b26-10+,27-11+,35-17-,40-37?. The maximum absolute atomic E-state index is 12.1. The van der Waals surface area contributed by atoms with Crippen molar-refractivity contribution in [1.82, 2.24) is 0 Å². The molecule has 1 fully saturated rings. The number of nitrogens with zero attached hydrogens (tertiary/aromatic N) is 3. The maximum atomic E-state index is 12.1. The Labute approximate surface area is 354 Å². The molecule has 2 aliphatic heterocycles. The third kappa shape index (κ3) is 11.4. The summed E-state index contributed by atoms with van der Waals surface area (Å²) in [6.45, 7) is 8.24. The number of carboxylic acid groups (broad SMARTS) is 1. The third-order valence-corrected chi connectivity index (χ3v) is 14.0. The maximum Gasteiger partial charge on any atom is 0.305 e. The average molecular weight is 913 g/mol. The minimum Gasteiger partial charge on any atom is -0.481 e. The molecular weight excluding hydrogens is 863 g/mol. The largest absolute Gasteiger partial charge is 0.481 e. The van der Waals surface area contributed by atoms with Crippen LogP contribution in [-0.2, 0) is 55.4 Å². The van der Waals surface area contributed by atoms with Gasteiger partial charge < -0.3 is 10.0 Å². The number of aliphatic imine (C=N–C) groups is 1. The molecule has 0 atom stereocenters. The minimum atomic E-state index is -4.54. The molecule has 5 N–H and O–H groups in total. The number of carbonyl (C=O) groups is 1. The van der Waals surface area contributed by atoms with Gasteiger partial charge in [-0.25, -0.2) is 5.26 Å². The van der Waals surface area contributed by atoms with Gasteiger partial charge in [0.25, 0.3) is 30.4 Å². The highest BCUT2D eigenvalue weighted by molar-refractivity contribution is 7.94. The summed E-state index contributed by atoms with van der Waals surface area (Å²) in [5.74, 6) is -1.95. The van der Waals surface area contributed by atoms with Crippen molar-refractivity contribution in [3.05, 3.63) is 82.6 Å². The van der Waals surface area contributed by atoms with E-state index < -0.39 is 58.7 Å². The summed E-state index contributed by atoms with van der Waals surface area (Å²) in [7, 11) is -13.0. The summed E-state index contributed by atoms with van der Waals surface area (Å²) in [6, 6.07) is 9.72. The van der Waals surface area contributed by atoms with E-state index in [1.165, 1.54) is 12.1 Å². The highest BCUT2D eigenvalue weighted by Gasteiger charge is 2.45. The Hall–Kier alpha value is -3.77. The van der Waals surface area contributed by atoms with Crippen molar-refractivity contribution >= 4 is 71.2 Å². The molecule has 0 bridgehead atoms. The van der Waals surface area contributed by atoms with Gasteiger partial charge >= 0.3 is 5.97 Å². The van der Waals surface area contributed by atoms with Crippen LogP contribution in [0, 0.1) is 0 Å². The zero-order valence-corrected chi connectivity index (χ0v) is 36.8. The van der Waals surface area contributed by atoms with Gasteiger partial charge in [-0.1, -0.05) is 31.0 Å². The molecule has 0 unspecified atom stereocenters. The van der Waals surface area contributed by atoms with Crippen LogP contribution >= 0.6 is 12.0 Å². The lowest BCUT2D eigenvalue weighted by Crippen LogP contribution is -2.30. The molecule has 5 rings (SSSR count). The van der Waals surface area contributed by atoms with Crippen molar-refractivity contribution < 1.29 is 68.0 Å². The number of rotatable bonds is 18. The second-order valence-electron chi connectivity index (χ2n) is 15.7. The number of hydrogen-bond donors (Lipinski definition) is 5. The Kier molecular flexibility index (Phi) is 14.7. The first-order valence-electron chi connectivity index (χ1n) is 19.0. The van der Waals surface area contributed by atoms with Crippen molar-refractivity contribution in [3.8, 4) is 0 Å². The van der Waals surface area contributed by atoms with Crippen LogP contribution in [0.2, 0.25) is 0 Å². The molecule has 1 aliphatic carbocycles. The Morgan fingerprint density at radius 1 is 0.900 bits per heavy atom. The third-order valence-electron chi connectivity index (χ3n) is 10.9. The van der Waals surface area contributed by atoms with Crippen molar-refractivity contribution in [2.24, 2.45) is 4.99 Å². The van der Waals surface area contributed by atoms with Crippen LogP contribution in [0.5, 0.6) is 0 Å². The highest BCUT2D eigenvalue weighted by Crippen LogP contribution is 2.49. The smallest absolute Gasteiger partial charge is 0.305 e. The number of hydrogen-bond acceptors (Lipinski definition) is 13. The van der Waals surface area contributed by atoms with Crippen LogP contribution in [0.1, 0.15) is 83.8 Å². The van der Waals surface area contributed by atoms with Crippen LogP contribution in [0.4, 0.5) is 11.4 Å². The molecule has 17 nitrogen and oxygen atoms in total. The number of fused-ring (bicyclic) bond motifs is 2. The zero-order valence-electron chi connectivity index (χ0n) is 33.6. The number of allylic oxidation sites excluding steroid dienone is 6. The molecule has 3 aliphatic rings. The van der Waals surface area contributed by atoms with E-state index in [2.05, 4.69) is 9.37 Å². The zero-order chi connectivity index (χ0) is 44.3. The molecule has 2 heterocycles. The predicted octanol–water partition coefficient (Wildman–Crippen LogP) is 6.32. The van der Waals surface area contributed by atoms with E-state index in [1.807, 2.05) is 67.5 Å². The van der Waals surface area contributed by atoms with Gasteiger partial charge in [0.2, 0.25) is 5.69 Å². The molecule has 0 aromatic heterocycles. The fourth-order valence-corrected chi connectivity index (χ4v) is 10.0. The first-order chi connectivity index (χ1) is 27.9. The molecule has 1 saturated carbocycles. The summed E-state index contributed by atoms with van der Waals surface area (Å²) in [5.41, 5.74) is 5.40. The van der Waals surface area contributed by atoms with E-state index in [0.717, 1.165) is 46.6 Å². The molecule has 0 amide bonds. The molecule has 21 heteroatoms. The van der Waals surface area contributed by atoms with Gasteiger partial charge in [-0.2, -0.15) is 29.8 Å². The SMILES string of the molecule is CC1(C)C(C/C=C2\CCC/C(=C\C=C3/N(CCCS(=O)(=O)O)c4ccc(S(=O)(=O)O)cc4C3(C)C)C2=NCCC(=O)O)=[N+](CCCS(=O)(=O)O)c2ccc(SOOO)cc21. The van der Waals surface area contributed by atoms with Gasteiger partial charge in [-0.15, -0.1) is 4.33 Å². The van der Waals surface area contributed by atoms with E-state index in [4.69, 9.17) is 10.2 Å². The Balaban J connectivity index is 1.57. The van der Waals surface area contributed by atoms with Gasteiger partial charge in [0.15, 0.2) is 5.71 Å². The van der Waals surface area contributed by atoms with E-state index in [1.54, 1.807) is 12.1 Å². The molecule has 328 valence electrons. The average Bonchev–Trinajstić information content (AvgIpc) is 3.48. The number of benzene rings is 2. The first-order valence-corrected chi connectivity index (χ1v) is 24.4. The summed E-state index contributed by atoms with van der Waals surface area (Å²) < 4.78 is 106. The summed E-state index contributed by atoms with van der Waals surface area (Å²) >= 11 is 0.809. The molecule has 0 radical (unpaired) electrons. The minimum absolute atomic E-state index is 0.00234. The van der Waals surface area contributed by atoms with Crippen molar-refractivity contribution in [2.45, 2.75) is 93.3 Å². The lowest BCUT2D eigenvalue weighted by molar-refractivity contribution is -0.439. The monoisotopic (exact) mass is 912 g/mol.